The van der Waals surface area contributed by atoms with Gasteiger partial charge in [-0.15, -0.1) is 6.58 Å². The number of urea groups is 1. The van der Waals surface area contributed by atoms with E-state index in [0.29, 0.717) is 18.3 Å². The summed E-state index contributed by atoms with van der Waals surface area (Å²) in [6.07, 6.45) is 7.07. The predicted octanol–water partition coefficient (Wildman–Crippen LogP) is 1.46. The van der Waals surface area contributed by atoms with E-state index in [1.165, 1.54) is 6.42 Å². The van der Waals surface area contributed by atoms with Gasteiger partial charge in [0.05, 0.1) is 6.61 Å². The second-order valence-corrected chi connectivity index (χ2v) is 5.41. The number of nitrogens with zero attached hydrogens (tertiary/aromatic N) is 1. The number of thioether (sulfide) groups is 1. The van der Waals surface area contributed by atoms with Crippen molar-refractivity contribution in [2.24, 2.45) is 0 Å². The molecule has 0 radical (unpaired) electrons. The molecule has 0 aromatic heterocycles. The monoisotopic (exact) mass is 258 g/mol. The van der Waals surface area contributed by atoms with Gasteiger partial charge in [-0.3, -0.25) is 0 Å². The summed E-state index contributed by atoms with van der Waals surface area (Å²) in [6.45, 7) is 4.44. The number of amides is 2. The molecule has 0 spiro atoms. The van der Waals surface area contributed by atoms with E-state index in [1.54, 1.807) is 11.0 Å². The minimum absolute atomic E-state index is 0.0145. The Morgan fingerprint density at radius 3 is 2.94 bits per heavy atom. The molecule has 4 nitrogen and oxygen atoms in total. The molecular weight excluding hydrogens is 236 g/mol. The van der Waals surface area contributed by atoms with Crippen molar-refractivity contribution in [3.63, 3.8) is 0 Å². The number of carbonyl (C=O) groups excluding carboxylic acids is 1. The summed E-state index contributed by atoms with van der Waals surface area (Å²) in [6, 6.07) is 0.191. The lowest BCUT2D eigenvalue weighted by atomic mass is 10.2. The maximum absolute atomic E-state index is 11.9. The molecule has 98 valence electrons. The highest BCUT2D eigenvalue weighted by molar-refractivity contribution is 7.99. The van der Waals surface area contributed by atoms with Gasteiger partial charge in [-0.2, -0.15) is 11.8 Å². The number of aliphatic hydroxyl groups is 1. The first-order chi connectivity index (χ1) is 8.21. The van der Waals surface area contributed by atoms with E-state index in [-0.39, 0.29) is 18.7 Å². The molecule has 0 heterocycles. The average molecular weight is 258 g/mol. The zero-order valence-electron chi connectivity index (χ0n) is 10.4. The zero-order valence-corrected chi connectivity index (χ0v) is 11.2. The van der Waals surface area contributed by atoms with E-state index in [0.717, 1.165) is 12.8 Å². The predicted molar refractivity (Wildman–Crippen MR) is 72.3 cm³/mol. The summed E-state index contributed by atoms with van der Waals surface area (Å²) in [5, 5.41) is 12.6. The smallest absolute Gasteiger partial charge is 0.317 e. The highest BCUT2D eigenvalue weighted by Crippen LogP contribution is 2.28. The second kappa shape index (κ2) is 7.61. The molecule has 2 amide bonds. The summed E-state index contributed by atoms with van der Waals surface area (Å²) in [5.74, 6) is 0. The van der Waals surface area contributed by atoms with E-state index in [1.807, 2.05) is 11.8 Å². The van der Waals surface area contributed by atoms with Crippen LogP contribution >= 0.6 is 11.8 Å². The van der Waals surface area contributed by atoms with Crippen molar-refractivity contribution in [3.05, 3.63) is 12.7 Å². The Morgan fingerprint density at radius 1 is 1.65 bits per heavy atom. The summed E-state index contributed by atoms with van der Waals surface area (Å²) < 4.78 is 0. The van der Waals surface area contributed by atoms with Crippen LogP contribution in [-0.2, 0) is 0 Å². The minimum atomic E-state index is -0.0919. The van der Waals surface area contributed by atoms with Crippen molar-refractivity contribution in [2.45, 2.75) is 30.6 Å². The molecule has 1 saturated carbocycles. The van der Waals surface area contributed by atoms with Gasteiger partial charge in [-0.25, -0.2) is 4.79 Å². The zero-order chi connectivity index (χ0) is 12.7. The van der Waals surface area contributed by atoms with Gasteiger partial charge in [0.25, 0.3) is 0 Å². The van der Waals surface area contributed by atoms with Crippen molar-refractivity contribution in [2.75, 3.05) is 26.0 Å². The Bertz CT molecular complexity index is 261. The summed E-state index contributed by atoms with van der Waals surface area (Å²) in [4.78, 5) is 13.5. The van der Waals surface area contributed by atoms with Crippen LogP contribution < -0.4 is 5.32 Å². The molecule has 0 saturated heterocycles. The van der Waals surface area contributed by atoms with Crippen LogP contribution in [0.2, 0.25) is 0 Å². The molecule has 5 heteroatoms. The first-order valence-electron chi connectivity index (χ1n) is 6.01. The Hall–Kier alpha value is -0.680. The maximum Gasteiger partial charge on any atom is 0.317 e. The van der Waals surface area contributed by atoms with Crippen LogP contribution in [0.25, 0.3) is 0 Å². The lowest BCUT2D eigenvalue weighted by Gasteiger charge is -2.23. The molecule has 1 rings (SSSR count). The lowest BCUT2D eigenvalue weighted by Crippen LogP contribution is -2.45. The van der Waals surface area contributed by atoms with E-state index >= 15 is 0 Å². The fourth-order valence-corrected chi connectivity index (χ4v) is 2.90. The van der Waals surface area contributed by atoms with Crippen LogP contribution in [0.4, 0.5) is 4.79 Å². The van der Waals surface area contributed by atoms with Crippen LogP contribution in [0.3, 0.4) is 0 Å². The standard InChI is InChI=1S/C12H22N2O2S/c1-3-6-14(7-8-15)12(16)13-10-4-5-11(9-10)17-2/h3,10-11,15H,1,4-9H2,2H3,(H,13,16). The molecule has 1 aliphatic carbocycles. The normalized spacial score (nSPS) is 23.4. The number of carbonyl (C=O) groups is 1. The van der Waals surface area contributed by atoms with E-state index < -0.39 is 0 Å². The van der Waals surface area contributed by atoms with E-state index in [4.69, 9.17) is 5.11 Å². The van der Waals surface area contributed by atoms with Crippen LogP contribution in [0.1, 0.15) is 19.3 Å². The van der Waals surface area contributed by atoms with Gasteiger partial charge in [0.2, 0.25) is 0 Å². The summed E-state index contributed by atoms with van der Waals surface area (Å²) in [5.41, 5.74) is 0. The third-order valence-corrected chi connectivity index (χ3v) is 4.15. The van der Waals surface area contributed by atoms with Crippen LogP contribution in [0, 0.1) is 0 Å². The molecule has 2 unspecified atom stereocenters. The average Bonchev–Trinajstić information content (AvgIpc) is 2.76. The SMILES string of the molecule is C=CCN(CCO)C(=O)NC1CCC(SC)C1. The van der Waals surface area contributed by atoms with Crippen molar-refractivity contribution < 1.29 is 9.90 Å². The van der Waals surface area contributed by atoms with Crippen LogP contribution in [-0.4, -0.2) is 53.3 Å². The molecule has 1 aliphatic rings. The Kier molecular flexibility index (Phi) is 6.44. The molecular formula is C12H22N2O2S. The van der Waals surface area contributed by atoms with Crippen molar-refractivity contribution >= 4 is 17.8 Å². The third kappa shape index (κ3) is 4.60. The molecule has 0 aromatic carbocycles. The Balaban J connectivity index is 2.38. The number of rotatable bonds is 6. The minimum Gasteiger partial charge on any atom is -0.395 e. The fourth-order valence-electron chi connectivity index (χ4n) is 2.10. The van der Waals surface area contributed by atoms with Gasteiger partial charge >= 0.3 is 6.03 Å². The number of hydrogen-bond donors (Lipinski definition) is 2. The second-order valence-electron chi connectivity index (χ2n) is 4.28. The number of nitrogens with one attached hydrogen (secondary N) is 1. The highest BCUT2D eigenvalue weighted by Gasteiger charge is 2.26. The molecule has 0 bridgehead atoms. The Morgan fingerprint density at radius 2 is 2.41 bits per heavy atom. The van der Waals surface area contributed by atoms with Crippen LogP contribution in [0.15, 0.2) is 12.7 Å². The molecule has 0 aromatic rings. The summed E-state index contributed by atoms with van der Waals surface area (Å²) in [7, 11) is 0. The van der Waals surface area contributed by atoms with Crippen molar-refractivity contribution in [1.29, 1.82) is 0 Å². The Labute approximate surface area is 107 Å². The van der Waals surface area contributed by atoms with Crippen molar-refractivity contribution in [3.8, 4) is 0 Å². The first kappa shape index (κ1) is 14.4. The lowest BCUT2D eigenvalue weighted by molar-refractivity contribution is 0.180. The molecule has 0 aliphatic heterocycles. The fraction of sp³-hybridized carbons (Fsp3) is 0.750. The quantitative estimate of drug-likeness (QED) is 0.709. The van der Waals surface area contributed by atoms with Gasteiger partial charge in [0.15, 0.2) is 0 Å². The first-order valence-corrected chi connectivity index (χ1v) is 7.30. The van der Waals surface area contributed by atoms with Gasteiger partial charge in [-0.05, 0) is 25.5 Å². The molecule has 2 N–H and O–H groups in total. The van der Waals surface area contributed by atoms with Gasteiger partial charge in [0, 0.05) is 24.4 Å². The van der Waals surface area contributed by atoms with E-state index in [9.17, 15) is 4.79 Å². The maximum atomic E-state index is 11.9. The number of aliphatic hydroxyl groups excluding tert-OH is 1. The molecule has 17 heavy (non-hydrogen) atoms. The van der Waals surface area contributed by atoms with Gasteiger partial charge in [-0.1, -0.05) is 6.08 Å². The third-order valence-electron chi connectivity index (χ3n) is 3.05. The van der Waals surface area contributed by atoms with Gasteiger partial charge < -0.3 is 15.3 Å². The summed E-state index contributed by atoms with van der Waals surface area (Å²) >= 11 is 1.87. The van der Waals surface area contributed by atoms with Crippen molar-refractivity contribution in [1.82, 2.24) is 10.2 Å². The van der Waals surface area contributed by atoms with E-state index in [2.05, 4.69) is 18.2 Å². The molecule has 1 fully saturated rings. The van der Waals surface area contributed by atoms with Gasteiger partial charge in [0.1, 0.15) is 0 Å². The highest BCUT2D eigenvalue weighted by atomic mass is 32.2. The van der Waals surface area contributed by atoms with Crippen LogP contribution in [0.5, 0.6) is 0 Å². The molecule has 2 atom stereocenters. The topological polar surface area (TPSA) is 52.6 Å². The largest absolute Gasteiger partial charge is 0.395 e. The number of hydrogen-bond acceptors (Lipinski definition) is 3.